The standard InChI is InChI=1S/C13H17N3OS/c1-9-5-10(3-4-12(9)17-2)7-15-13-16-8-11(6-14)18-13/h3-5,8H,6-7,14H2,1-2H3,(H,15,16). The molecule has 4 nitrogen and oxygen atoms in total. The van der Waals surface area contributed by atoms with Crippen LogP contribution in [0.4, 0.5) is 5.13 Å². The van der Waals surface area contributed by atoms with Gasteiger partial charge in [0.2, 0.25) is 0 Å². The number of methoxy groups -OCH3 is 1. The van der Waals surface area contributed by atoms with Crippen molar-refractivity contribution in [3.05, 3.63) is 40.4 Å². The second-order valence-electron chi connectivity index (χ2n) is 3.99. The van der Waals surface area contributed by atoms with Crippen molar-refractivity contribution in [1.82, 2.24) is 4.98 Å². The van der Waals surface area contributed by atoms with Crippen LogP contribution in [-0.4, -0.2) is 12.1 Å². The molecule has 2 aromatic rings. The summed E-state index contributed by atoms with van der Waals surface area (Å²) in [6.45, 7) is 3.33. The van der Waals surface area contributed by atoms with Crippen molar-refractivity contribution in [2.24, 2.45) is 5.73 Å². The van der Waals surface area contributed by atoms with Crippen LogP contribution in [0.25, 0.3) is 0 Å². The van der Waals surface area contributed by atoms with E-state index < -0.39 is 0 Å². The van der Waals surface area contributed by atoms with Crippen molar-refractivity contribution in [1.29, 1.82) is 0 Å². The monoisotopic (exact) mass is 263 g/mol. The first-order valence-corrected chi connectivity index (χ1v) is 6.56. The summed E-state index contributed by atoms with van der Waals surface area (Å²) in [6.07, 6.45) is 1.81. The predicted molar refractivity (Wildman–Crippen MR) is 75.1 cm³/mol. The smallest absolute Gasteiger partial charge is 0.183 e. The second kappa shape index (κ2) is 5.84. The van der Waals surface area contributed by atoms with E-state index in [4.69, 9.17) is 10.5 Å². The fourth-order valence-corrected chi connectivity index (χ4v) is 2.40. The van der Waals surface area contributed by atoms with Crippen molar-refractivity contribution in [2.75, 3.05) is 12.4 Å². The molecule has 0 unspecified atom stereocenters. The first-order valence-electron chi connectivity index (χ1n) is 5.75. The SMILES string of the molecule is COc1ccc(CNc2ncc(CN)s2)cc1C. The van der Waals surface area contributed by atoms with Gasteiger partial charge in [-0.25, -0.2) is 4.98 Å². The van der Waals surface area contributed by atoms with Gasteiger partial charge < -0.3 is 15.8 Å². The molecule has 0 saturated carbocycles. The number of benzene rings is 1. The maximum absolute atomic E-state index is 5.55. The highest BCUT2D eigenvalue weighted by atomic mass is 32.1. The largest absolute Gasteiger partial charge is 0.496 e. The number of hydrogen-bond acceptors (Lipinski definition) is 5. The zero-order valence-electron chi connectivity index (χ0n) is 10.6. The minimum Gasteiger partial charge on any atom is -0.496 e. The highest BCUT2D eigenvalue weighted by molar-refractivity contribution is 7.15. The molecule has 1 aromatic carbocycles. The number of aromatic nitrogens is 1. The van der Waals surface area contributed by atoms with Crippen LogP contribution < -0.4 is 15.8 Å². The fraction of sp³-hybridized carbons (Fsp3) is 0.308. The molecule has 1 aromatic heterocycles. The Hall–Kier alpha value is -1.59. The lowest BCUT2D eigenvalue weighted by atomic mass is 10.1. The Morgan fingerprint density at radius 2 is 2.28 bits per heavy atom. The Bertz CT molecular complexity index is 525. The van der Waals surface area contributed by atoms with Gasteiger partial charge in [0.15, 0.2) is 5.13 Å². The minimum atomic E-state index is 0.543. The summed E-state index contributed by atoms with van der Waals surface area (Å²) in [5.74, 6) is 0.915. The zero-order chi connectivity index (χ0) is 13.0. The molecule has 96 valence electrons. The molecule has 0 atom stereocenters. The molecule has 18 heavy (non-hydrogen) atoms. The van der Waals surface area contributed by atoms with Gasteiger partial charge in [-0.2, -0.15) is 0 Å². The molecule has 0 saturated heterocycles. The second-order valence-corrected chi connectivity index (χ2v) is 5.11. The number of nitrogens with two attached hydrogens (primary N) is 1. The Morgan fingerprint density at radius 1 is 1.44 bits per heavy atom. The van der Waals surface area contributed by atoms with E-state index in [1.807, 2.05) is 19.2 Å². The fourth-order valence-electron chi connectivity index (χ4n) is 1.71. The summed E-state index contributed by atoms with van der Waals surface area (Å²) < 4.78 is 5.24. The molecule has 0 spiro atoms. The summed E-state index contributed by atoms with van der Waals surface area (Å²) >= 11 is 1.59. The number of anilines is 1. The molecule has 0 fully saturated rings. The normalized spacial score (nSPS) is 10.4. The van der Waals surface area contributed by atoms with Crippen LogP contribution in [0.1, 0.15) is 16.0 Å². The number of rotatable bonds is 5. The summed E-state index contributed by atoms with van der Waals surface area (Å²) in [4.78, 5) is 5.35. The maximum Gasteiger partial charge on any atom is 0.183 e. The van der Waals surface area contributed by atoms with Crippen molar-refractivity contribution < 1.29 is 4.74 Å². The predicted octanol–water partition coefficient (Wildman–Crippen LogP) is 2.53. The van der Waals surface area contributed by atoms with E-state index in [1.54, 1.807) is 18.4 Å². The molecule has 0 bridgehead atoms. The molecule has 1 heterocycles. The summed E-state index contributed by atoms with van der Waals surface area (Å²) in [7, 11) is 1.68. The Kier molecular flexibility index (Phi) is 4.17. The number of ether oxygens (including phenoxy) is 1. The van der Waals surface area contributed by atoms with Gasteiger partial charge in [-0.15, -0.1) is 11.3 Å². The number of hydrogen-bond donors (Lipinski definition) is 2. The third kappa shape index (κ3) is 3.00. The molecular formula is C13H17N3OS. The van der Waals surface area contributed by atoms with Gasteiger partial charge in [0.05, 0.1) is 7.11 Å². The Labute approximate surface area is 111 Å². The molecule has 0 aliphatic carbocycles. The Balaban J connectivity index is 1.99. The van der Waals surface area contributed by atoms with Gasteiger partial charge in [0.1, 0.15) is 5.75 Å². The van der Waals surface area contributed by atoms with E-state index in [0.717, 1.165) is 27.9 Å². The third-order valence-electron chi connectivity index (χ3n) is 2.66. The van der Waals surface area contributed by atoms with Crippen LogP contribution in [0.2, 0.25) is 0 Å². The zero-order valence-corrected chi connectivity index (χ0v) is 11.4. The first kappa shape index (κ1) is 12.9. The van der Waals surface area contributed by atoms with E-state index in [0.29, 0.717) is 6.54 Å². The molecule has 2 rings (SSSR count). The lowest BCUT2D eigenvalue weighted by Crippen LogP contribution is -1.99. The average molecular weight is 263 g/mol. The van der Waals surface area contributed by atoms with E-state index in [1.165, 1.54) is 5.56 Å². The number of aryl methyl sites for hydroxylation is 1. The Morgan fingerprint density at radius 3 is 2.89 bits per heavy atom. The van der Waals surface area contributed by atoms with E-state index in [-0.39, 0.29) is 0 Å². The van der Waals surface area contributed by atoms with Gasteiger partial charge in [0.25, 0.3) is 0 Å². The van der Waals surface area contributed by atoms with Crippen LogP contribution in [0.3, 0.4) is 0 Å². The third-order valence-corrected chi connectivity index (χ3v) is 3.64. The van der Waals surface area contributed by atoms with Gasteiger partial charge >= 0.3 is 0 Å². The van der Waals surface area contributed by atoms with Crippen molar-refractivity contribution in [2.45, 2.75) is 20.0 Å². The van der Waals surface area contributed by atoms with Gasteiger partial charge in [-0.3, -0.25) is 0 Å². The van der Waals surface area contributed by atoms with Crippen molar-refractivity contribution in [3.8, 4) is 5.75 Å². The average Bonchev–Trinajstić information content (AvgIpc) is 2.84. The van der Waals surface area contributed by atoms with Crippen molar-refractivity contribution in [3.63, 3.8) is 0 Å². The topological polar surface area (TPSA) is 60.2 Å². The van der Waals surface area contributed by atoms with Crippen LogP contribution in [0, 0.1) is 6.92 Å². The van der Waals surface area contributed by atoms with E-state index in [2.05, 4.69) is 22.4 Å². The summed E-state index contributed by atoms with van der Waals surface area (Å²) in [6, 6.07) is 6.15. The number of thiazole rings is 1. The highest BCUT2D eigenvalue weighted by Gasteiger charge is 2.02. The molecule has 0 radical (unpaired) electrons. The lowest BCUT2D eigenvalue weighted by molar-refractivity contribution is 0.411. The van der Waals surface area contributed by atoms with Gasteiger partial charge in [-0.1, -0.05) is 12.1 Å². The summed E-state index contributed by atoms with van der Waals surface area (Å²) in [5, 5.41) is 4.20. The molecule has 0 aliphatic heterocycles. The maximum atomic E-state index is 5.55. The van der Waals surface area contributed by atoms with Gasteiger partial charge in [-0.05, 0) is 24.1 Å². The molecular weight excluding hydrogens is 246 g/mol. The minimum absolute atomic E-state index is 0.543. The highest BCUT2D eigenvalue weighted by Crippen LogP contribution is 2.21. The quantitative estimate of drug-likeness (QED) is 0.870. The van der Waals surface area contributed by atoms with Crippen LogP contribution >= 0.6 is 11.3 Å². The molecule has 0 aliphatic rings. The molecule has 5 heteroatoms. The number of nitrogens with one attached hydrogen (secondary N) is 1. The van der Waals surface area contributed by atoms with E-state index >= 15 is 0 Å². The van der Waals surface area contributed by atoms with Gasteiger partial charge in [0, 0.05) is 24.2 Å². The molecule has 3 N–H and O–H groups in total. The number of nitrogens with zero attached hydrogens (tertiary/aromatic N) is 1. The van der Waals surface area contributed by atoms with E-state index in [9.17, 15) is 0 Å². The van der Waals surface area contributed by atoms with Crippen molar-refractivity contribution >= 4 is 16.5 Å². The van der Waals surface area contributed by atoms with Crippen LogP contribution in [-0.2, 0) is 13.1 Å². The molecule has 0 amide bonds. The van der Waals surface area contributed by atoms with Crippen LogP contribution in [0.5, 0.6) is 5.75 Å². The summed E-state index contributed by atoms with van der Waals surface area (Å²) in [5.41, 5.74) is 7.89. The lowest BCUT2D eigenvalue weighted by Gasteiger charge is -2.07. The first-order chi connectivity index (χ1) is 8.72. The van der Waals surface area contributed by atoms with Crippen LogP contribution in [0.15, 0.2) is 24.4 Å².